The van der Waals surface area contributed by atoms with Gasteiger partial charge in [-0.15, -0.1) is 0 Å². The molecule has 11 atom stereocenters. The second kappa shape index (κ2) is 23.7. The molecule has 13 heteroatoms. The summed E-state index contributed by atoms with van der Waals surface area (Å²) in [6, 6.07) is 0. The minimum Gasteiger partial charge on any atom is -0.394 e. The van der Waals surface area contributed by atoms with Crippen molar-refractivity contribution in [3.05, 3.63) is 0 Å². The average Bonchev–Trinajstić information content (AvgIpc) is 3.05. The van der Waals surface area contributed by atoms with E-state index in [2.05, 4.69) is 6.92 Å². The molecular weight excluding hydrogens is 592 g/mol. The summed E-state index contributed by atoms with van der Waals surface area (Å²) in [4.78, 5) is 0. The van der Waals surface area contributed by atoms with E-state index in [1.54, 1.807) is 0 Å². The summed E-state index contributed by atoms with van der Waals surface area (Å²) in [6.45, 7) is 1.81. The third-order valence-electron chi connectivity index (χ3n) is 8.69. The molecule has 0 amide bonds. The summed E-state index contributed by atoms with van der Waals surface area (Å²) in [5.74, 6) is 0. The van der Waals surface area contributed by atoms with Gasteiger partial charge in [-0.05, 0) is 6.42 Å². The number of ether oxygens (including phenoxy) is 6. The monoisotopic (exact) mass is 654 g/mol. The molecule has 0 unspecified atom stereocenters. The Balaban J connectivity index is 1.61. The fourth-order valence-electron chi connectivity index (χ4n) is 5.69. The van der Waals surface area contributed by atoms with E-state index in [0.29, 0.717) is 6.61 Å². The van der Waals surface area contributed by atoms with Crippen LogP contribution in [0.15, 0.2) is 0 Å². The van der Waals surface area contributed by atoms with Crippen LogP contribution >= 0.6 is 0 Å². The van der Waals surface area contributed by atoms with Gasteiger partial charge in [0.2, 0.25) is 0 Å². The Hall–Kier alpha value is -0.520. The highest BCUT2D eigenvalue weighted by Crippen LogP contribution is 2.29. The highest BCUT2D eigenvalue weighted by Gasteiger charge is 2.50. The van der Waals surface area contributed by atoms with Crippen LogP contribution in [0.1, 0.15) is 96.8 Å². The maximum Gasteiger partial charge on any atom is 0.187 e. The maximum atomic E-state index is 10.7. The predicted octanol–water partition coefficient (Wildman–Crippen LogP) is 1.14. The molecule has 0 aromatic rings. The van der Waals surface area contributed by atoms with Crippen LogP contribution in [0.4, 0.5) is 0 Å². The fraction of sp³-hybridized carbons (Fsp3) is 1.00. The summed E-state index contributed by atoms with van der Waals surface area (Å²) in [6.07, 6.45) is 2.60. The zero-order chi connectivity index (χ0) is 33.0. The van der Waals surface area contributed by atoms with E-state index < -0.39 is 80.7 Å². The van der Waals surface area contributed by atoms with Gasteiger partial charge in [-0.25, -0.2) is 0 Å². The highest BCUT2D eigenvalue weighted by molar-refractivity contribution is 4.94. The lowest BCUT2D eigenvalue weighted by Crippen LogP contribution is -2.64. The average molecular weight is 655 g/mol. The van der Waals surface area contributed by atoms with E-state index in [0.717, 1.165) is 12.8 Å². The van der Waals surface area contributed by atoms with Crippen molar-refractivity contribution in [3.8, 4) is 0 Å². The first-order valence-electron chi connectivity index (χ1n) is 17.1. The normalized spacial score (nSPS) is 33.0. The Bertz CT molecular complexity index is 715. The lowest BCUT2D eigenvalue weighted by atomic mass is 9.97. The van der Waals surface area contributed by atoms with Gasteiger partial charge < -0.3 is 64.2 Å². The molecule has 0 radical (unpaired) electrons. The molecule has 0 saturated carbocycles. The summed E-state index contributed by atoms with van der Waals surface area (Å²) >= 11 is 0. The summed E-state index contributed by atoms with van der Waals surface area (Å²) in [5.41, 5.74) is 0. The number of rotatable bonds is 25. The van der Waals surface area contributed by atoms with Crippen LogP contribution < -0.4 is 0 Å². The zero-order valence-electron chi connectivity index (χ0n) is 27.4. The van der Waals surface area contributed by atoms with E-state index in [9.17, 15) is 35.7 Å². The van der Waals surface area contributed by atoms with Gasteiger partial charge in [0.15, 0.2) is 12.6 Å². The Kier molecular flexibility index (Phi) is 21.5. The van der Waals surface area contributed by atoms with Gasteiger partial charge in [-0.2, -0.15) is 0 Å². The van der Waals surface area contributed by atoms with Crippen molar-refractivity contribution in [3.63, 3.8) is 0 Å². The van der Waals surface area contributed by atoms with Crippen LogP contribution in [0.25, 0.3) is 0 Å². The second-order valence-electron chi connectivity index (χ2n) is 12.4. The van der Waals surface area contributed by atoms with Crippen LogP contribution in [-0.4, -0.2) is 143 Å². The lowest BCUT2D eigenvalue weighted by Gasteiger charge is -2.46. The molecule has 7 N–H and O–H groups in total. The van der Waals surface area contributed by atoms with Crippen LogP contribution in [0.5, 0.6) is 0 Å². The molecule has 2 aliphatic rings. The molecule has 0 aliphatic carbocycles. The number of methoxy groups -OCH3 is 1. The molecule has 2 heterocycles. The molecule has 13 nitrogen and oxygen atoms in total. The molecule has 268 valence electrons. The van der Waals surface area contributed by atoms with Crippen molar-refractivity contribution in [2.45, 2.75) is 164 Å². The van der Waals surface area contributed by atoms with Crippen molar-refractivity contribution < 1.29 is 64.2 Å². The quantitative estimate of drug-likeness (QED) is 0.0693. The third-order valence-corrected chi connectivity index (χ3v) is 8.69. The second-order valence-corrected chi connectivity index (χ2v) is 12.4. The molecule has 0 bridgehead atoms. The molecule has 0 aromatic carbocycles. The molecule has 0 aromatic heterocycles. The van der Waals surface area contributed by atoms with Crippen LogP contribution in [0, 0.1) is 0 Å². The first kappa shape index (κ1) is 40.7. The molecular formula is C32H62O13. The summed E-state index contributed by atoms with van der Waals surface area (Å²) in [5, 5.41) is 70.9. The van der Waals surface area contributed by atoms with Crippen molar-refractivity contribution in [2.75, 3.05) is 40.1 Å². The van der Waals surface area contributed by atoms with Gasteiger partial charge in [0.05, 0.1) is 26.4 Å². The first-order valence-corrected chi connectivity index (χ1v) is 17.1. The van der Waals surface area contributed by atoms with E-state index in [1.807, 2.05) is 0 Å². The van der Waals surface area contributed by atoms with E-state index >= 15 is 0 Å². The smallest absolute Gasteiger partial charge is 0.187 e. The number of unbranched alkanes of at least 4 members (excludes halogenated alkanes) is 13. The van der Waals surface area contributed by atoms with Gasteiger partial charge in [-0.1, -0.05) is 90.4 Å². The maximum absolute atomic E-state index is 10.7. The molecule has 45 heavy (non-hydrogen) atoms. The standard InChI is InChI=1S/C32H62O13/c1-3-4-5-6-7-8-9-10-11-12-13-14-15-16-17-41-20-22(40-2)21-42-31-29(39)27(37)30(24(19-34)44-31)45-32-28(38)26(36)25(35)23(18-33)43-32/h22-39H,3-21H2,1-2H3/t22-,23+,24+,25+,26-,27+,28+,29+,30+,31+,32+/m0/s1. The van der Waals surface area contributed by atoms with E-state index in [1.165, 1.54) is 84.2 Å². The Morgan fingerprint density at radius 3 is 1.62 bits per heavy atom. The zero-order valence-corrected chi connectivity index (χ0v) is 27.4. The van der Waals surface area contributed by atoms with Gasteiger partial charge in [0.25, 0.3) is 0 Å². The molecule has 2 saturated heterocycles. The number of hydrogen-bond acceptors (Lipinski definition) is 13. The van der Waals surface area contributed by atoms with Gasteiger partial charge >= 0.3 is 0 Å². The molecule has 2 aliphatic heterocycles. The Labute approximate surface area is 268 Å². The van der Waals surface area contributed by atoms with Gasteiger partial charge in [-0.3, -0.25) is 0 Å². The first-order chi connectivity index (χ1) is 21.8. The van der Waals surface area contributed by atoms with Gasteiger partial charge in [0.1, 0.15) is 54.9 Å². The number of aliphatic hydroxyl groups is 7. The fourth-order valence-corrected chi connectivity index (χ4v) is 5.69. The SMILES string of the molecule is CCCCCCCCCCCCCCCCOC[C@@H](CO[C@@H]1O[C@H](CO)[C@@H](O[C@H]2O[C@H](CO)[C@@H](O)[C@H](O)[C@H]2O)[C@H](O)[C@H]1O)OC. The van der Waals surface area contributed by atoms with Gasteiger partial charge in [0, 0.05) is 13.7 Å². The van der Waals surface area contributed by atoms with Crippen molar-refractivity contribution in [2.24, 2.45) is 0 Å². The lowest BCUT2D eigenvalue weighted by molar-refractivity contribution is -0.360. The van der Waals surface area contributed by atoms with Crippen molar-refractivity contribution >= 4 is 0 Å². The number of aliphatic hydroxyl groups excluding tert-OH is 7. The molecule has 2 fully saturated rings. The molecule has 2 rings (SSSR count). The Morgan fingerprint density at radius 1 is 0.578 bits per heavy atom. The van der Waals surface area contributed by atoms with Crippen molar-refractivity contribution in [1.29, 1.82) is 0 Å². The minimum atomic E-state index is -1.73. The van der Waals surface area contributed by atoms with Crippen LogP contribution in [-0.2, 0) is 28.4 Å². The molecule has 0 spiro atoms. The van der Waals surface area contributed by atoms with Crippen LogP contribution in [0.2, 0.25) is 0 Å². The third kappa shape index (κ3) is 14.2. The van der Waals surface area contributed by atoms with Crippen LogP contribution in [0.3, 0.4) is 0 Å². The minimum absolute atomic E-state index is 0.0138. The predicted molar refractivity (Wildman–Crippen MR) is 164 cm³/mol. The number of hydrogen-bond donors (Lipinski definition) is 7. The summed E-state index contributed by atoms with van der Waals surface area (Å²) < 4.78 is 33.4. The summed E-state index contributed by atoms with van der Waals surface area (Å²) in [7, 11) is 1.51. The van der Waals surface area contributed by atoms with E-state index in [4.69, 9.17) is 28.4 Å². The van der Waals surface area contributed by atoms with Crippen molar-refractivity contribution in [1.82, 2.24) is 0 Å². The van der Waals surface area contributed by atoms with E-state index in [-0.39, 0.29) is 13.2 Å². The topological polar surface area (TPSA) is 197 Å². The Morgan fingerprint density at radius 2 is 1.09 bits per heavy atom. The highest BCUT2D eigenvalue weighted by atomic mass is 16.7. The largest absolute Gasteiger partial charge is 0.394 e.